The van der Waals surface area contributed by atoms with Gasteiger partial charge in [0.25, 0.3) is 11.6 Å². The number of benzene rings is 3. The molecule has 3 aromatic carbocycles. The van der Waals surface area contributed by atoms with Gasteiger partial charge in [0.1, 0.15) is 5.75 Å². The predicted molar refractivity (Wildman–Crippen MR) is 118 cm³/mol. The largest absolute Gasteiger partial charge is 0.454 e. The predicted octanol–water partition coefficient (Wildman–Crippen LogP) is 7.16. The molecule has 0 aliphatic heterocycles. The Hall–Kier alpha value is -2.80. The zero-order valence-electron chi connectivity index (χ0n) is 15.6. The summed E-state index contributed by atoms with van der Waals surface area (Å²) < 4.78 is 5.64. The van der Waals surface area contributed by atoms with Gasteiger partial charge in [-0.15, -0.1) is 0 Å². The maximum absolute atomic E-state index is 12.6. The second kappa shape index (κ2) is 9.34. The lowest BCUT2D eigenvalue weighted by Gasteiger charge is -2.13. The summed E-state index contributed by atoms with van der Waals surface area (Å²) in [4.78, 5) is 22.8. The van der Waals surface area contributed by atoms with E-state index >= 15 is 0 Å². The molecule has 30 heavy (non-hydrogen) atoms. The summed E-state index contributed by atoms with van der Waals surface area (Å²) >= 11 is 18.7. The number of nitrogens with zero attached hydrogens (tertiary/aromatic N) is 1. The molecule has 0 saturated carbocycles. The number of amides is 1. The van der Waals surface area contributed by atoms with Crippen LogP contribution in [0.15, 0.2) is 54.6 Å². The van der Waals surface area contributed by atoms with Gasteiger partial charge in [0.15, 0.2) is 5.75 Å². The highest BCUT2D eigenvalue weighted by Gasteiger charge is 2.16. The van der Waals surface area contributed by atoms with Gasteiger partial charge in [-0.25, -0.2) is 0 Å². The fourth-order valence-corrected chi connectivity index (χ4v) is 3.50. The number of hydrogen-bond donors (Lipinski definition) is 1. The second-order valence-corrected chi connectivity index (χ2v) is 7.47. The Balaban J connectivity index is 1.78. The average molecular weight is 466 g/mol. The first-order valence-corrected chi connectivity index (χ1v) is 9.93. The average Bonchev–Trinajstić information content (AvgIpc) is 2.70. The number of ether oxygens (including phenoxy) is 1. The summed E-state index contributed by atoms with van der Waals surface area (Å²) in [5, 5.41) is 14.1. The van der Waals surface area contributed by atoms with Crippen LogP contribution in [0, 0.1) is 10.1 Å². The van der Waals surface area contributed by atoms with Crippen molar-refractivity contribution in [2.75, 3.05) is 5.32 Å². The molecule has 0 unspecified atom stereocenters. The van der Waals surface area contributed by atoms with Gasteiger partial charge in [-0.3, -0.25) is 14.9 Å². The lowest BCUT2D eigenvalue weighted by molar-refractivity contribution is -0.384. The van der Waals surface area contributed by atoms with E-state index in [0.717, 1.165) is 12.0 Å². The van der Waals surface area contributed by atoms with E-state index in [0.29, 0.717) is 22.0 Å². The van der Waals surface area contributed by atoms with Crippen LogP contribution in [0.5, 0.6) is 11.5 Å². The normalized spacial score (nSPS) is 10.5. The van der Waals surface area contributed by atoms with E-state index in [1.807, 2.05) is 13.0 Å². The van der Waals surface area contributed by atoms with Crippen molar-refractivity contribution in [3.05, 3.63) is 90.9 Å². The fraction of sp³-hybridized carbons (Fsp3) is 0.0952. The zero-order chi connectivity index (χ0) is 21.8. The number of hydrogen-bond acceptors (Lipinski definition) is 4. The molecule has 0 heterocycles. The Labute approximate surface area is 187 Å². The number of anilines is 1. The number of carbonyl (C=O) groups excluding carboxylic acids is 1. The minimum atomic E-state index is -0.511. The van der Waals surface area contributed by atoms with E-state index in [4.69, 9.17) is 39.5 Å². The van der Waals surface area contributed by atoms with Crippen molar-refractivity contribution >= 4 is 52.1 Å². The van der Waals surface area contributed by atoms with Crippen molar-refractivity contribution in [1.29, 1.82) is 0 Å². The third-order valence-corrected chi connectivity index (χ3v) is 5.08. The molecule has 6 nitrogen and oxygen atoms in total. The molecule has 0 atom stereocenters. The maximum atomic E-state index is 12.6. The Morgan fingerprint density at radius 2 is 1.63 bits per heavy atom. The number of aryl methyl sites for hydroxylation is 1. The molecule has 0 radical (unpaired) electrons. The minimum absolute atomic E-state index is 0.0664. The lowest BCUT2D eigenvalue weighted by atomic mass is 10.1. The van der Waals surface area contributed by atoms with Crippen molar-refractivity contribution in [3.8, 4) is 11.5 Å². The van der Waals surface area contributed by atoms with Crippen LogP contribution in [0.2, 0.25) is 15.1 Å². The van der Waals surface area contributed by atoms with Gasteiger partial charge < -0.3 is 10.1 Å². The number of rotatable bonds is 6. The van der Waals surface area contributed by atoms with Crippen molar-refractivity contribution in [1.82, 2.24) is 0 Å². The molecule has 0 spiro atoms. The summed E-state index contributed by atoms with van der Waals surface area (Å²) in [7, 11) is 0. The summed E-state index contributed by atoms with van der Waals surface area (Å²) in [6.45, 7) is 2.00. The standard InChI is InChI=1S/C21H15Cl3N2O4/c1-2-12-3-8-16(17(22)9-12)21(27)25-13-10-18(23)20(19(24)11-13)30-15-6-4-14(5-7-15)26(28)29/h3-11H,2H2,1H3,(H,25,27). The van der Waals surface area contributed by atoms with E-state index in [2.05, 4.69) is 5.32 Å². The van der Waals surface area contributed by atoms with E-state index in [1.54, 1.807) is 12.1 Å². The first-order chi connectivity index (χ1) is 14.3. The number of carbonyl (C=O) groups is 1. The Morgan fingerprint density at radius 3 is 2.17 bits per heavy atom. The molecular weight excluding hydrogens is 451 g/mol. The van der Waals surface area contributed by atoms with Gasteiger partial charge in [-0.05, 0) is 48.4 Å². The van der Waals surface area contributed by atoms with Crippen molar-refractivity contribution in [2.45, 2.75) is 13.3 Å². The van der Waals surface area contributed by atoms with Crippen LogP contribution in [0.4, 0.5) is 11.4 Å². The van der Waals surface area contributed by atoms with Gasteiger partial charge in [0.05, 0.1) is 25.6 Å². The van der Waals surface area contributed by atoms with Crippen molar-refractivity contribution in [3.63, 3.8) is 0 Å². The first-order valence-electron chi connectivity index (χ1n) is 8.79. The molecule has 1 N–H and O–H groups in total. The van der Waals surface area contributed by atoms with Crippen molar-refractivity contribution in [2.24, 2.45) is 0 Å². The molecule has 154 valence electrons. The quantitative estimate of drug-likeness (QED) is 0.309. The van der Waals surface area contributed by atoms with Crippen molar-refractivity contribution < 1.29 is 14.5 Å². The Bertz CT molecular complexity index is 1090. The number of halogens is 3. The molecule has 0 saturated heterocycles. The molecule has 0 bridgehead atoms. The van der Waals surface area contributed by atoms with E-state index in [1.165, 1.54) is 36.4 Å². The topological polar surface area (TPSA) is 81.5 Å². The van der Waals surface area contributed by atoms with Crippen LogP contribution in [0.1, 0.15) is 22.8 Å². The smallest absolute Gasteiger partial charge is 0.269 e. The van der Waals surface area contributed by atoms with Crippen LogP contribution in [0.25, 0.3) is 0 Å². The molecule has 0 aliphatic rings. The molecule has 0 aromatic heterocycles. The van der Waals surface area contributed by atoms with Crippen LogP contribution >= 0.6 is 34.8 Å². The van der Waals surface area contributed by atoms with Gasteiger partial charge in [0, 0.05) is 17.8 Å². The minimum Gasteiger partial charge on any atom is -0.454 e. The summed E-state index contributed by atoms with van der Waals surface area (Å²) in [6.07, 6.45) is 0.809. The Kier molecular flexibility index (Phi) is 6.82. The van der Waals surface area contributed by atoms with Gasteiger partial charge in [0.2, 0.25) is 0 Å². The monoisotopic (exact) mass is 464 g/mol. The SMILES string of the molecule is CCc1ccc(C(=O)Nc2cc(Cl)c(Oc3ccc([N+](=O)[O-])cc3)c(Cl)c2)c(Cl)c1. The van der Waals surface area contributed by atoms with E-state index < -0.39 is 10.8 Å². The molecule has 1 amide bonds. The van der Waals surface area contributed by atoms with Gasteiger partial charge in [-0.1, -0.05) is 47.8 Å². The molecule has 9 heteroatoms. The van der Waals surface area contributed by atoms with Gasteiger partial charge in [-0.2, -0.15) is 0 Å². The molecule has 3 rings (SSSR count). The highest BCUT2D eigenvalue weighted by molar-refractivity contribution is 6.38. The first kappa shape index (κ1) is 21.9. The molecule has 0 fully saturated rings. The molecule has 3 aromatic rings. The van der Waals surface area contributed by atoms with Crippen LogP contribution < -0.4 is 10.1 Å². The molecular formula is C21H15Cl3N2O4. The number of nitro benzene ring substituents is 1. The number of nitrogens with one attached hydrogen (secondary N) is 1. The summed E-state index contributed by atoms with van der Waals surface area (Å²) in [5.74, 6) is 0.0818. The lowest BCUT2D eigenvalue weighted by Crippen LogP contribution is -2.12. The maximum Gasteiger partial charge on any atom is 0.269 e. The van der Waals surface area contributed by atoms with Crippen LogP contribution in [0.3, 0.4) is 0 Å². The number of non-ortho nitro benzene ring substituents is 1. The van der Waals surface area contributed by atoms with Crippen LogP contribution in [-0.2, 0) is 6.42 Å². The molecule has 0 aliphatic carbocycles. The zero-order valence-corrected chi connectivity index (χ0v) is 17.9. The number of nitro groups is 1. The van der Waals surface area contributed by atoms with E-state index in [-0.39, 0.29) is 21.5 Å². The summed E-state index contributed by atoms with van der Waals surface area (Å²) in [5.41, 5.74) is 1.65. The third-order valence-electron chi connectivity index (χ3n) is 4.21. The Morgan fingerprint density at radius 1 is 1.00 bits per heavy atom. The highest BCUT2D eigenvalue weighted by atomic mass is 35.5. The second-order valence-electron chi connectivity index (χ2n) is 6.24. The van der Waals surface area contributed by atoms with Crippen LogP contribution in [-0.4, -0.2) is 10.8 Å². The highest BCUT2D eigenvalue weighted by Crippen LogP contribution is 2.39. The summed E-state index contributed by atoms with van der Waals surface area (Å²) in [6, 6.07) is 13.7. The van der Waals surface area contributed by atoms with Gasteiger partial charge >= 0.3 is 0 Å². The third kappa shape index (κ3) is 5.02. The fourth-order valence-electron chi connectivity index (χ4n) is 2.64. The van der Waals surface area contributed by atoms with E-state index in [9.17, 15) is 14.9 Å².